The van der Waals surface area contributed by atoms with E-state index in [4.69, 9.17) is 33.7 Å². The van der Waals surface area contributed by atoms with E-state index in [0.717, 1.165) is 12.8 Å². The molecule has 144 valence electrons. The summed E-state index contributed by atoms with van der Waals surface area (Å²) < 4.78 is 5.60. The first-order valence-corrected chi connectivity index (χ1v) is 9.61. The average molecular weight is 402 g/mol. The second-order valence-corrected chi connectivity index (χ2v) is 7.05. The average Bonchev–Trinajstić information content (AvgIpc) is 2.66. The SMILES string of the molecule is NCCNC(=O)[C@@H]1CCCN(C(=O)CCCOc2cccc(Cl)c2Cl)C1. The number of hydrogen-bond acceptors (Lipinski definition) is 4. The lowest BCUT2D eigenvalue weighted by Crippen LogP contribution is -2.46. The van der Waals surface area contributed by atoms with Gasteiger partial charge in [0, 0.05) is 32.6 Å². The van der Waals surface area contributed by atoms with E-state index in [2.05, 4.69) is 5.32 Å². The molecule has 0 aromatic heterocycles. The third-order valence-corrected chi connectivity index (χ3v) is 5.10. The summed E-state index contributed by atoms with van der Waals surface area (Å²) in [5.41, 5.74) is 5.40. The van der Waals surface area contributed by atoms with Crippen molar-refractivity contribution in [1.82, 2.24) is 10.2 Å². The smallest absolute Gasteiger partial charge is 0.224 e. The highest BCUT2D eigenvalue weighted by Gasteiger charge is 2.27. The van der Waals surface area contributed by atoms with Crippen LogP contribution in [-0.4, -0.2) is 49.5 Å². The number of hydrogen-bond donors (Lipinski definition) is 2. The summed E-state index contributed by atoms with van der Waals surface area (Å²) in [6.07, 6.45) is 2.58. The van der Waals surface area contributed by atoms with E-state index < -0.39 is 0 Å². The van der Waals surface area contributed by atoms with Crippen molar-refractivity contribution in [2.45, 2.75) is 25.7 Å². The number of carbonyl (C=O) groups excluding carboxylic acids is 2. The van der Waals surface area contributed by atoms with E-state index >= 15 is 0 Å². The summed E-state index contributed by atoms with van der Waals surface area (Å²) in [6.45, 7) is 2.42. The maximum absolute atomic E-state index is 12.4. The van der Waals surface area contributed by atoms with E-state index in [1.807, 2.05) is 0 Å². The predicted octanol–water partition coefficient (Wildman–Crippen LogP) is 2.47. The Morgan fingerprint density at radius 2 is 2.15 bits per heavy atom. The monoisotopic (exact) mass is 401 g/mol. The molecule has 1 saturated heterocycles. The molecule has 3 N–H and O–H groups in total. The van der Waals surface area contributed by atoms with Crippen LogP contribution in [0, 0.1) is 5.92 Å². The number of benzene rings is 1. The molecule has 26 heavy (non-hydrogen) atoms. The van der Waals surface area contributed by atoms with Crippen molar-refractivity contribution in [3.63, 3.8) is 0 Å². The molecular weight excluding hydrogens is 377 g/mol. The second-order valence-electron chi connectivity index (χ2n) is 6.26. The van der Waals surface area contributed by atoms with Gasteiger partial charge in [-0.1, -0.05) is 29.3 Å². The normalized spacial score (nSPS) is 17.0. The number of rotatable bonds is 8. The Morgan fingerprint density at radius 1 is 1.35 bits per heavy atom. The maximum Gasteiger partial charge on any atom is 0.224 e. The summed E-state index contributed by atoms with van der Waals surface area (Å²) in [4.78, 5) is 26.2. The minimum Gasteiger partial charge on any atom is -0.492 e. The second kappa shape index (κ2) is 10.6. The summed E-state index contributed by atoms with van der Waals surface area (Å²) >= 11 is 12.0. The first kappa shape index (κ1) is 20.8. The number of halogens is 2. The number of likely N-dealkylation sites (tertiary alicyclic amines) is 1. The fraction of sp³-hybridized carbons (Fsp3) is 0.556. The zero-order chi connectivity index (χ0) is 18.9. The number of carbonyl (C=O) groups is 2. The van der Waals surface area contributed by atoms with Crippen LogP contribution < -0.4 is 15.8 Å². The van der Waals surface area contributed by atoms with E-state index in [0.29, 0.717) is 61.4 Å². The Labute approximate surface area is 163 Å². The van der Waals surface area contributed by atoms with Crippen molar-refractivity contribution in [1.29, 1.82) is 0 Å². The molecule has 1 aromatic rings. The highest BCUT2D eigenvalue weighted by atomic mass is 35.5. The molecule has 1 aliphatic rings. The zero-order valence-electron chi connectivity index (χ0n) is 14.7. The third-order valence-electron chi connectivity index (χ3n) is 4.30. The summed E-state index contributed by atoms with van der Waals surface area (Å²) in [7, 11) is 0. The Hall–Kier alpha value is -1.50. The van der Waals surface area contributed by atoms with Crippen LogP contribution in [0.3, 0.4) is 0 Å². The van der Waals surface area contributed by atoms with E-state index in [1.165, 1.54) is 0 Å². The molecule has 0 aliphatic carbocycles. The minimum atomic E-state index is -0.152. The standard InChI is InChI=1S/C18H25Cl2N3O3/c19-14-5-1-6-15(17(14)20)26-11-3-7-16(24)23-10-2-4-13(12-23)18(25)22-9-8-21/h1,5-6,13H,2-4,7-12,21H2,(H,22,25)/t13-/m1/s1. The highest BCUT2D eigenvalue weighted by molar-refractivity contribution is 6.42. The van der Waals surface area contributed by atoms with Gasteiger partial charge in [0.15, 0.2) is 0 Å². The van der Waals surface area contributed by atoms with E-state index in [-0.39, 0.29) is 17.7 Å². The van der Waals surface area contributed by atoms with Gasteiger partial charge >= 0.3 is 0 Å². The summed E-state index contributed by atoms with van der Waals surface area (Å²) in [5.74, 6) is 0.385. The Morgan fingerprint density at radius 3 is 2.92 bits per heavy atom. The fourth-order valence-electron chi connectivity index (χ4n) is 2.92. The molecule has 0 saturated carbocycles. The lowest BCUT2D eigenvalue weighted by molar-refractivity contribution is -0.135. The summed E-state index contributed by atoms with van der Waals surface area (Å²) in [6, 6.07) is 5.19. The van der Waals surface area contributed by atoms with Crippen molar-refractivity contribution >= 4 is 35.0 Å². The molecule has 1 atom stereocenters. The van der Waals surface area contributed by atoms with Gasteiger partial charge in [0.25, 0.3) is 0 Å². The molecule has 2 rings (SSSR count). The van der Waals surface area contributed by atoms with Crippen LogP contribution in [0.25, 0.3) is 0 Å². The van der Waals surface area contributed by atoms with Crippen molar-refractivity contribution in [2.75, 3.05) is 32.8 Å². The topological polar surface area (TPSA) is 84.7 Å². The van der Waals surface area contributed by atoms with E-state index in [1.54, 1.807) is 23.1 Å². The lowest BCUT2D eigenvalue weighted by Gasteiger charge is -2.32. The number of ether oxygens (including phenoxy) is 1. The Kier molecular flexibility index (Phi) is 8.48. The van der Waals surface area contributed by atoms with Crippen LogP contribution in [0.2, 0.25) is 10.0 Å². The van der Waals surface area contributed by atoms with Crippen molar-refractivity contribution in [3.05, 3.63) is 28.2 Å². The van der Waals surface area contributed by atoms with Crippen molar-refractivity contribution in [3.8, 4) is 5.75 Å². The zero-order valence-corrected chi connectivity index (χ0v) is 16.2. The lowest BCUT2D eigenvalue weighted by atomic mass is 9.96. The first-order chi connectivity index (χ1) is 12.5. The van der Waals surface area contributed by atoms with Crippen LogP contribution in [0.4, 0.5) is 0 Å². The molecule has 1 aromatic carbocycles. The molecule has 0 unspecified atom stereocenters. The molecule has 8 heteroatoms. The van der Waals surface area contributed by atoms with Gasteiger partial charge in [-0.2, -0.15) is 0 Å². The largest absolute Gasteiger partial charge is 0.492 e. The maximum atomic E-state index is 12.4. The fourth-order valence-corrected chi connectivity index (χ4v) is 3.26. The Balaban J connectivity index is 1.73. The van der Waals surface area contributed by atoms with Gasteiger partial charge in [0.05, 0.1) is 17.5 Å². The van der Waals surface area contributed by atoms with Gasteiger partial charge in [-0.3, -0.25) is 9.59 Å². The molecular formula is C18H25Cl2N3O3. The molecule has 2 amide bonds. The van der Waals surface area contributed by atoms with Gasteiger partial charge in [-0.25, -0.2) is 0 Å². The van der Waals surface area contributed by atoms with Crippen LogP contribution in [0.5, 0.6) is 5.75 Å². The molecule has 1 aliphatic heterocycles. The molecule has 1 fully saturated rings. The van der Waals surface area contributed by atoms with Crippen LogP contribution >= 0.6 is 23.2 Å². The number of nitrogens with one attached hydrogen (secondary N) is 1. The minimum absolute atomic E-state index is 0.0214. The molecule has 1 heterocycles. The number of piperidine rings is 1. The predicted molar refractivity (Wildman–Crippen MR) is 103 cm³/mol. The quantitative estimate of drug-likeness (QED) is 0.655. The highest BCUT2D eigenvalue weighted by Crippen LogP contribution is 2.31. The third kappa shape index (κ3) is 6.04. The molecule has 6 nitrogen and oxygen atoms in total. The van der Waals surface area contributed by atoms with Crippen LogP contribution in [0.1, 0.15) is 25.7 Å². The summed E-state index contributed by atoms with van der Waals surface area (Å²) in [5, 5.41) is 3.61. The van der Waals surface area contributed by atoms with Gasteiger partial charge in [-0.05, 0) is 31.4 Å². The number of amides is 2. The van der Waals surface area contributed by atoms with Gasteiger partial charge < -0.3 is 20.7 Å². The number of nitrogens with two attached hydrogens (primary N) is 1. The van der Waals surface area contributed by atoms with Crippen LogP contribution in [-0.2, 0) is 9.59 Å². The molecule has 0 spiro atoms. The van der Waals surface area contributed by atoms with Crippen LogP contribution in [0.15, 0.2) is 18.2 Å². The van der Waals surface area contributed by atoms with Crippen molar-refractivity contribution in [2.24, 2.45) is 11.7 Å². The first-order valence-electron chi connectivity index (χ1n) is 8.85. The Bertz CT molecular complexity index is 628. The molecule has 0 bridgehead atoms. The van der Waals surface area contributed by atoms with Gasteiger partial charge in [0.2, 0.25) is 11.8 Å². The molecule has 0 radical (unpaired) electrons. The van der Waals surface area contributed by atoms with Crippen molar-refractivity contribution < 1.29 is 14.3 Å². The van der Waals surface area contributed by atoms with Gasteiger partial charge in [-0.15, -0.1) is 0 Å². The number of nitrogens with zero attached hydrogens (tertiary/aromatic N) is 1. The van der Waals surface area contributed by atoms with Gasteiger partial charge in [0.1, 0.15) is 10.8 Å². The van der Waals surface area contributed by atoms with E-state index in [9.17, 15) is 9.59 Å².